The van der Waals surface area contributed by atoms with E-state index < -0.39 is 0 Å². The smallest absolute Gasteiger partial charge is 0.162 e. The Bertz CT molecular complexity index is 899. The van der Waals surface area contributed by atoms with Crippen molar-refractivity contribution >= 4 is 11.6 Å². The summed E-state index contributed by atoms with van der Waals surface area (Å²) < 4.78 is 0. The van der Waals surface area contributed by atoms with Crippen molar-refractivity contribution in [3.05, 3.63) is 64.7 Å². The quantitative estimate of drug-likeness (QED) is 0.675. The molecule has 1 aliphatic rings. The van der Waals surface area contributed by atoms with Gasteiger partial charge in [0, 0.05) is 61.5 Å². The number of rotatable bonds is 3. The molecule has 3 aromatic rings. The lowest BCUT2D eigenvalue weighted by atomic mass is 10.1. The van der Waals surface area contributed by atoms with Crippen molar-refractivity contribution in [2.24, 2.45) is 0 Å². The predicted octanol–water partition coefficient (Wildman–Crippen LogP) is 2.85. The molecule has 0 unspecified atom stereocenters. The van der Waals surface area contributed by atoms with E-state index in [2.05, 4.69) is 30.9 Å². The minimum absolute atomic E-state index is 0.585. The zero-order valence-electron chi connectivity index (χ0n) is 13.9. The van der Waals surface area contributed by atoms with Crippen molar-refractivity contribution in [3.63, 3.8) is 0 Å². The minimum Gasteiger partial charge on any atom is -0.294 e. The molecule has 0 bridgehead atoms. The first-order chi connectivity index (χ1) is 12.2. The highest BCUT2D eigenvalue weighted by molar-refractivity contribution is 6.30. The van der Waals surface area contributed by atoms with E-state index in [0.717, 1.165) is 54.1 Å². The maximum absolute atomic E-state index is 6.26. The van der Waals surface area contributed by atoms with Gasteiger partial charge in [-0.15, -0.1) is 0 Å². The van der Waals surface area contributed by atoms with E-state index in [0.29, 0.717) is 11.0 Å². The summed E-state index contributed by atoms with van der Waals surface area (Å²) in [6.07, 6.45) is 7.76. The Hall–Kier alpha value is -2.44. The highest BCUT2D eigenvalue weighted by Crippen LogP contribution is 2.23. The maximum Gasteiger partial charge on any atom is 0.162 e. The van der Waals surface area contributed by atoms with Gasteiger partial charge in [0.15, 0.2) is 5.82 Å². The van der Waals surface area contributed by atoms with E-state index in [9.17, 15) is 0 Å². The van der Waals surface area contributed by atoms with Crippen LogP contribution in [0.4, 0.5) is 0 Å². The Morgan fingerprint density at radius 2 is 1.96 bits per heavy atom. The van der Waals surface area contributed by atoms with Crippen molar-refractivity contribution in [1.29, 1.82) is 0 Å². The molecule has 0 N–H and O–H groups in total. The van der Waals surface area contributed by atoms with Gasteiger partial charge in [-0.2, -0.15) is 0 Å². The Kier molecular flexibility index (Phi) is 4.38. The van der Waals surface area contributed by atoms with Gasteiger partial charge < -0.3 is 0 Å². The number of hydrogen-bond donors (Lipinski definition) is 0. The minimum atomic E-state index is 0.585. The molecule has 0 aromatic carbocycles. The van der Waals surface area contributed by atoms with Crippen LogP contribution in [0.2, 0.25) is 5.15 Å². The van der Waals surface area contributed by atoms with Gasteiger partial charge in [0.2, 0.25) is 0 Å². The van der Waals surface area contributed by atoms with Crippen LogP contribution < -0.4 is 0 Å². The standard InChI is InChI=1S/C18H17ClN6/c1-12-2-3-13(17(19)23-12)9-25-5-4-16-15(10-25)8-22-18(24-16)14-6-20-11-21-7-14/h2-3,6-8,11H,4-5,9-10H2,1H3. The topological polar surface area (TPSA) is 67.7 Å². The van der Waals surface area contributed by atoms with E-state index in [1.165, 1.54) is 6.33 Å². The molecule has 3 aromatic heterocycles. The third kappa shape index (κ3) is 3.50. The van der Waals surface area contributed by atoms with Gasteiger partial charge in [0.05, 0.1) is 11.3 Å². The largest absolute Gasteiger partial charge is 0.294 e. The molecule has 0 saturated carbocycles. The van der Waals surface area contributed by atoms with Crippen LogP contribution in [0.5, 0.6) is 0 Å². The molecule has 0 spiro atoms. The average Bonchev–Trinajstić information content (AvgIpc) is 2.64. The van der Waals surface area contributed by atoms with Crippen molar-refractivity contribution < 1.29 is 0 Å². The lowest BCUT2D eigenvalue weighted by Crippen LogP contribution is -2.31. The van der Waals surface area contributed by atoms with Gasteiger partial charge in [-0.05, 0) is 13.0 Å². The second-order valence-electron chi connectivity index (χ2n) is 6.16. The number of nitrogens with zero attached hydrogens (tertiary/aromatic N) is 6. The second kappa shape index (κ2) is 6.82. The number of pyridine rings is 1. The number of aryl methyl sites for hydroxylation is 1. The Labute approximate surface area is 151 Å². The zero-order chi connectivity index (χ0) is 17.2. The highest BCUT2D eigenvalue weighted by Gasteiger charge is 2.20. The molecule has 4 heterocycles. The molecule has 126 valence electrons. The first-order valence-electron chi connectivity index (χ1n) is 8.13. The van der Waals surface area contributed by atoms with E-state index in [4.69, 9.17) is 16.6 Å². The number of fused-ring (bicyclic) bond motifs is 1. The van der Waals surface area contributed by atoms with Crippen LogP contribution in [0.15, 0.2) is 37.1 Å². The van der Waals surface area contributed by atoms with Gasteiger partial charge in [-0.1, -0.05) is 17.7 Å². The molecule has 0 radical (unpaired) electrons. The summed E-state index contributed by atoms with van der Waals surface area (Å²) in [5.74, 6) is 0.679. The summed E-state index contributed by atoms with van der Waals surface area (Å²) in [7, 11) is 0. The molecule has 6 nitrogen and oxygen atoms in total. The fourth-order valence-electron chi connectivity index (χ4n) is 2.98. The lowest BCUT2D eigenvalue weighted by molar-refractivity contribution is 0.242. The fourth-order valence-corrected chi connectivity index (χ4v) is 3.23. The van der Waals surface area contributed by atoms with Crippen LogP contribution in [0, 0.1) is 6.92 Å². The second-order valence-corrected chi connectivity index (χ2v) is 6.51. The molecule has 1 aliphatic heterocycles. The van der Waals surface area contributed by atoms with Crippen molar-refractivity contribution in [2.75, 3.05) is 6.54 Å². The number of hydrogen-bond acceptors (Lipinski definition) is 6. The van der Waals surface area contributed by atoms with Crippen LogP contribution in [0.25, 0.3) is 11.4 Å². The molecule has 25 heavy (non-hydrogen) atoms. The summed E-state index contributed by atoms with van der Waals surface area (Å²) in [6.45, 7) is 4.46. The predicted molar refractivity (Wildman–Crippen MR) is 94.9 cm³/mol. The van der Waals surface area contributed by atoms with Gasteiger partial charge in [-0.25, -0.2) is 24.9 Å². The highest BCUT2D eigenvalue weighted by atomic mass is 35.5. The third-order valence-corrected chi connectivity index (χ3v) is 4.62. The van der Waals surface area contributed by atoms with Gasteiger partial charge >= 0.3 is 0 Å². The number of halogens is 1. The maximum atomic E-state index is 6.26. The first kappa shape index (κ1) is 16.1. The third-order valence-electron chi connectivity index (χ3n) is 4.29. The molecular formula is C18H17ClN6. The molecular weight excluding hydrogens is 336 g/mol. The fraction of sp³-hybridized carbons (Fsp3) is 0.278. The van der Waals surface area contributed by atoms with Gasteiger partial charge in [0.25, 0.3) is 0 Å². The van der Waals surface area contributed by atoms with E-state index >= 15 is 0 Å². The summed E-state index contributed by atoms with van der Waals surface area (Å²) in [5, 5.41) is 0.585. The molecule has 0 aliphatic carbocycles. The average molecular weight is 353 g/mol. The molecule has 4 rings (SSSR count). The van der Waals surface area contributed by atoms with Crippen LogP contribution in [-0.2, 0) is 19.5 Å². The normalized spacial score (nSPS) is 14.3. The van der Waals surface area contributed by atoms with Gasteiger partial charge in [-0.3, -0.25) is 4.90 Å². The Morgan fingerprint density at radius 1 is 1.12 bits per heavy atom. The van der Waals surface area contributed by atoms with Crippen molar-refractivity contribution in [3.8, 4) is 11.4 Å². The van der Waals surface area contributed by atoms with Crippen LogP contribution in [0.3, 0.4) is 0 Å². The Morgan fingerprint density at radius 3 is 2.76 bits per heavy atom. The number of aromatic nitrogens is 5. The molecule has 0 saturated heterocycles. The molecule has 7 heteroatoms. The lowest BCUT2D eigenvalue weighted by Gasteiger charge is -2.28. The SMILES string of the molecule is Cc1ccc(CN2CCc3nc(-c4cncnc4)ncc3C2)c(Cl)n1. The summed E-state index contributed by atoms with van der Waals surface area (Å²) in [6, 6.07) is 4.05. The van der Waals surface area contributed by atoms with Crippen LogP contribution in [0.1, 0.15) is 22.5 Å². The van der Waals surface area contributed by atoms with E-state index in [1.54, 1.807) is 12.4 Å². The monoisotopic (exact) mass is 352 g/mol. The van der Waals surface area contributed by atoms with Crippen molar-refractivity contribution in [1.82, 2.24) is 29.8 Å². The van der Waals surface area contributed by atoms with E-state index in [-0.39, 0.29) is 0 Å². The Balaban J connectivity index is 1.52. The summed E-state index contributed by atoms with van der Waals surface area (Å²) >= 11 is 6.26. The van der Waals surface area contributed by atoms with Crippen LogP contribution in [-0.4, -0.2) is 36.4 Å². The van der Waals surface area contributed by atoms with E-state index in [1.807, 2.05) is 19.2 Å². The van der Waals surface area contributed by atoms with Gasteiger partial charge in [0.1, 0.15) is 11.5 Å². The zero-order valence-corrected chi connectivity index (χ0v) is 14.6. The first-order valence-corrected chi connectivity index (χ1v) is 8.51. The molecule has 0 fully saturated rings. The summed E-state index contributed by atoms with van der Waals surface area (Å²) in [5.41, 5.74) is 5.07. The summed E-state index contributed by atoms with van der Waals surface area (Å²) in [4.78, 5) is 23.9. The molecule has 0 atom stereocenters. The van der Waals surface area contributed by atoms with Crippen LogP contribution >= 0.6 is 11.6 Å². The van der Waals surface area contributed by atoms with Crippen molar-refractivity contribution in [2.45, 2.75) is 26.4 Å². The molecule has 0 amide bonds.